The monoisotopic (exact) mass is 299 g/mol. The van der Waals surface area contributed by atoms with Gasteiger partial charge in [0.15, 0.2) is 0 Å². The number of carbonyl (C=O) groups excluding carboxylic acids is 1. The lowest BCUT2D eigenvalue weighted by atomic mass is 10.1. The van der Waals surface area contributed by atoms with Crippen molar-refractivity contribution >= 4 is 5.91 Å². The number of benzene rings is 2. The Morgan fingerprint density at radius 3 is 2.27 bits per heavy atom. The quantitative estimate of drug-likeness (QED) is 0.844. The van der Waals surface area contributed by atoms with Crippen LogP contribution in [0, 0.1) is 0 Å². The van der Waals surface area contributed by atoms with Crippen molar-refractivity contribution < 1.29 is 14.4 Å². The van der Waals surface area contributed by atoms with E-state index in [1.54, 1.807) is 31.4 Å². The summed E-state index contributed by atoms with van der Waals surface area (Å²) in [5, 5.41) is 3.12. The summed E-state index contributed by atoms with van der Waals surface area (Å²) in [6, 6.07) is 17.2. The number of rotatable bonds is 6. The van der Waals surface area contributed by atoms with Gasteiger partial charge in [-0.05, 0) is 29.8 Å². The van der Waals surface area contributed by atoms with Gasteiger partial charge in [0.05, 0.1) is 21.2 Å². The first-order valence-corrected chi connectivity index (χ1v) is 7.39. The number of ether oxygens (including phenoxy) is 1. The Morgan fingerprint density at radius 1 is 1.09 bits per heavy atom. The van der Waals surface area contributed by atoms with Crippen molar-refractivity contribution in [3.63, 3.8) is 0 Å². The number of likely N-dealkylation sites (N-methyl/N-ethyl adjacent to an activating group) is 1. The fourth-order valence-electron chi connectivity index (χ4n) is 2.33. The fraction of sp³-hybridized carbons (Fsp3) is 0.278. The molecule has 4 heteroatoms. The predicted molar refractivity (Wildman–Crippen MR) is 87.3 cm³/mol. The molecule has 2 aromatic carbocycles. The maximum Gasteiger partial charge on any atom is 0.251 e. The molecule has 0 fully saturated rings. The van der Waals surface area contributed by atoms with E-state index < -0.39 is 0 Å². The highest BCUT2D eigenvalue weighted by atomic mass is 16.5. The minimum atomic E-state index is -0.0715. The molecule has 0 radical (unpaired) electrons. The number of hydrogen-bond acceptors (Lipinski definition) is 2. The zero-order valence-corrected chi connectivity index (χ0v) is 13.3. The van der Waals surface area contributed by atoms with Gasteiger partial charge in [0.25, 0.3) is 5.91 Å². The van der Waals surface area contributed by atoms with Gasteiger partial charge < -0.3 is 15.0 Å². The van der Waals surface area contributed by atoms with E-state index in [0.29, 0.717) is 5.56 Å². The molecule has 0 aromatic heterocycles. The topological polar surface area (TPSA) is 42.8 Å². The summed E-state index contributed by atoms with van der Waals surface area (Å²) in [5.74, 6) is 0.673. The Labute approximate surface area is 131 Å². The van der Waals surface area contributed by atoms with Crippen LogP contribution in [0.1, 0.15) is 22.0 Å². The zero-order valence-electron chi connectivity index (χ0n) is 13.3. The highest BCUT2D eigenvalue weighted by molar-refractivity contribution is 5.94. The SMILES string of the molecule is COc1ccc(C(=O)N[C@H](C[NH+](C)C)c2ccccc2)cc1. The molecule has 2 N–H and O–H groups in total. The molecule has 4 nitrogen and oxygen atoms in total. The van der Waals surface area contributed by atoms with Gasteiger partial charge in [0, 0.05) is 5.56 Å². The van der Waals surface area contributed by atoms with Crippen LogP contribution in [0.2, 0.25) is 0 Å². The minimum Gasteiger partial charge on any atom is -0.497 e. The Hall–Kier alpha value is -2.33. The van der Waals surface area contributed by atoms with Crippen LogP contribution < -0.4 is 15.0 Å². The Balaban J connectivity index is 2.13. The molecule has 0 saturated carbocycles. The third-order valence-corrected chi connectivity index (χ3v) is 3.47. The lowest BCUT2D eigenvalue weighted by Gasteiger charge is -2.21. The van der Waals surface area contributed by atoms with Gasteiger partial charge in [0.1, 0.15) is 18.3 Å². The number of amides is 1. The van der Waals surface area contributed by atoms with E-state index in [1.807, 2.05) is 30.3 Å². The number of quaternary nitrogens is 1. The fourth-order valence-corrected chi connectivity index (χ4v) is 2.33. The second-order valence-corrected chi connectivity index (χ2v) is 5.58. The summed E-state index contributed by atoms with van der Waals surface area (Å²) < 4.78 is 5.12. The van der Waals surface area contributed by atoms with Crippen molar-refractivity contribution in [3.8, 4) is 5.75 Å². The smallest absolute Gasteiger partial charge is 0.251 e. The number of methoxy groups -OCH3 is 1. The molecule has 0 saturated heterocycles. The van der Waals surface area contributed by atoms with Gasteiger partial charge in [-0.2, -0.15) is 0 Å². The summed E-state index contributed by atoms with van der Waals surface area (Å²) in [6.45, 7) is 0.825. The van der Waals surface area contributed by atoms with Crippen LogP contribution in [-0.4, -0.2) is 33.7 Å². The Morgan fingerprint density at radius 2 is 1.73 bits per heavy atom. The molecule has 2 aromatic rings. The van der Waals surface area contributed by atoms with Gasteiger partial charge >= 0.3 is 0 Å². The molecule has 0 aliphatic heterocycles. The first-order chi connectivity index (χ1) is 10.6. The summed E-state index contributed by atoms with van der Waals surface area (Å²) in [4.78, 5) is 13.7. The van der Waals surface area contributed by atoms with Crippen LogP contribution in [0.4, 0.5) is 0 Å². The molecule has 116 valence electrons. The van der Waals surface area contributed by atoms with E-state index in [4.69, 9.17) is 4.74 Å². The van der Waals surface area contributed by atoms with Gasteiger partial charge in [-0.25, -0.2) is 0 Å². The van der Waals surface area contributed by atoms with E-state index in [-0.39, 0.29) is 11.9 Å². The first kappa shape index (κ1) is 16.0. The van der Waals surface area contributed by atoms with Crippen LogP contribution in [0.15, 0.2) is 54.6 Å². The normalized spacial score (nSPS) is 12.0. The average molecular weight is 299 g/mol. The van der Waals surface area contributed by atoms with E-state index in [0.717, 1.165) is 17.9 Å². The third kappa shape index (κ3) is 4.33. The van der Waals surface area contributed by atoms with Crippen LogP contribution in [-0.2, 0) is 0 Å². The van der Waals surface area contributed by atoms with Gasteiger partial charge in [-0.1, -0.05) is 30.3 Å². The third-order valence-electron chi connectivity index (χ3n) is 3.47. The highest BCUT2D eigenvalue weighted by Crippen LogP contribution is 2.14. The van der Waals surface area contributed by atoms with E-state index >= 15 is 0 Å². The van der Waals surface area contributed by atoms with E-state index in [1.165, 1.54) is 4.90 Å². The molecule has 22 heavy (non-hydrogen) atoms. The average Bonchev–Trinajstić information content (AvgIpc) is 2.54. The lowest BCUT2D eigenvalue weighted by Crippen LogP contribution is -3.06. The highest BCUT2D eigenvalue weighted by Gasteiger charge is 2.18. The van der Waals surface area contributed by atoms with Gasteiger partial charge in [-0.3, -0.25) is 4.79 Å². The van der Waals surface area contributed by atoms with E-state index in [2.05, 4.69) is 19.4 Å². The van der Waals surface area contributed by atoms with Crippen molar-refractivity contribution in [2.45, 2.75) is 6.04 Å². The molecular weight excluding hydrogens is 276 g/mol. The van der Waals surface area contributed by atoms with E-state index in [9.17, 15) is 4.79 Å². The standard InChI is InChI=1S/C18H22N2O2/c1-20(2)13-17(14-7-5-4-6-8-14)19-18(21)15-9-11-16(22-3)12-10-15/h4-12,17H,13H2,1-3H3,(H,19,21)/p+1/t17-/m1/s1. The first-order valence-electron chi connectivity index (χ1n) is 7.39. The maximum atomic E-state index is 12.4. The van der Waals surface area contributed by atoms with Crippen molar-refractivity contribution in [1.29, 1.82) is 0 Å². The van der Waals surface area contributed by atoms with Crippen molar-refractivity contribution in [3.05, 3.63) is 65.7 Å². The summed E-state index contributed by atoms with van der Waals surface area (Å²) in [6.07, 6.45) is 0. The second kappa shape index (κ2) is 7.61. The molecular formula is C18H23N2O2+. The van der Waals surface area contributed by atoms with Gasteiger partial charge in [0.2, 0.25) is 0 Å². The summed E-state index contributed by atoms with van der Waals surface area (Å²) in [5.41, 5.74) is 1.75. The number of nitrogens with one attached hydrogen (secondary N) is 2. The summed E-state index contributed by atoms with van der Waals surface area (Å²) in [7, 11) is 5.77. The molecule has 0 bridgehead atoms. The minimum absolute atomic E-state index is 0.0131. The van der Waals surface area contributed by atoms with Crippen LogP contribution in [0.5, 0.6) is 5.75 Å². The van der Waals surface area contributed by atoms with Crippen LogP contribution in [0.25, 0.3) is 0 Å². The number of carbonyl (C=O) groups is 1. The number of hydrogen-bond donors (Lipinski definition) is 2. The molecule has 2 rings (SSSR count). The zero-order chi connectivity index (χ0) is 15.9. The molecule has 0 aliphatic carbocycles. The maximum absolute atomic E-state index is 12.4. The molecule has 0 aliphatic rings. The van der Waals surface area contributed by atoms with Crippen LogP contribution in [0.3, 0.4) is 0 Å². The van der Waals surface area contributed by atoms with Crippen molar-refractivity contribution in [2.24, 2.45) is 0 Å². The lowest BCUT2D eigenvalue weighted by molar-refractivity contribution is -0.860. The molecule has 0 heterocycles. The predicted octanol–water partition coefficient (Wildman–Crippen LogP) is 1.31. The second-order valence-electron chi connectivity index (χ2n) is 5.58. The molecule has 0 unspecified atom stereocenters. The van der Waals surface area contributed by atoms with Crippen molar-refractivity contribution in [1.82, 2.24) is 5.32 Å². The summed E-state index contributed by atoms with van der Waals surface area (Å²) >= 11 is 0. The largest absolute Gasteiger partial charge is 0.497 e. The molecule has 1 amide bonds. The van der Waals surface area contributed by atoms with Gasteiger partial charge in [-0.15, -0.1) is 0 Å². The Bertz CT molecular complexity index is 594. The molecule has 1 atom stereocenters. The molecule has 0 spiro atoms. The Kier molecular flexibility index (Phi) is 5.55. The van der Waals surface area contributed by atoms with Crippen LogP contribution >= 0.6 is 0 Å². The van der Waals surface area contributed by atoms with Crippen molar-refractivity contribution in [2.75, 3.05) is 27.7 Å².